The van der Waals surface area contributed by atoms with E-state index < -0.39 is 0 Å². The second kappa shape index (κ2) is 3.96. The molecule has 0 saturated carbocycles. The van der Waals surface area contributed by atoms with Crippen molar-refractivity contribution in [1.29, 1.82) is 0 Å². The third-order valence-corrected chi connectivity index (χ3v) is 2.79. The van der Waals surface area contributed by atoms with Gasteiger partial charge < -0.3 is 10.6 Å². The van der Waals surface area contributed by atoms with E-state index in [2.05, 4.69) is 10.6 Å². The van der Waals surface area contributed by atoms with Gasteiger partial charge >= 0.3 is 6.03 Å². The second-order valence-electron chi connectivity index (χ2n) is 3.76. The molecule has 0 aliphatic carbocycles. The van der Waals surface area contributed by atoms with E-state index >= 15 is 0 Å². The van der Waals surface area contributed by atoms with Gasteiger partial charge in [-0.2, -0.15) is 0 Å². The molecule has 0 aromatic rings. The molecule has 0 aromatic heterocycles. The van der Waals surface area contributed by atoms with Gasteiger partial charge in [-0.15, -0.1) is 0 Å². The van der Waals surface area contributed by atoms with Gasteiger partial charge in [-0.25, -0.2) is 4.79 Å². The summed E-state index contributed by atoms with van der Waals surface area (Å²) in [7, 11) is 0. The summed E-state index contributed by atoms with van der Waals surface area (Å²) < 4.78 is 0. The molecule has 0 radical (unpaired) electrons. The first kappa shape index (κ1) is 9.45. The quantitative estimate of drug-likeness (QED) is 0.566. The van der Waals surface area contributed by atoms with Gasteiger partial charge in [0.15, 0.2) is 0 Å². The summed E-state index contributed by atoms with van der Waals surface area (Å²) in [6, 6.07) is -0.123. The summed E-state index contributed by atoms with van der Waals surface area (Å²) in [4.78, 5) is 24.2. The molecule has 2 fully saturated rings. The molecular formula is C9H15N3O2. The highest BCUT2D eigenvalue weighted by Crippen LogP contribution is 2.15. The first-order chi connectivity index (χ1) is 6.79. The van der Waals surface area contributed by atoms with Crippen molar-refractivity contribution in [2.75, 3.05) is 19.6 Å². The number of nitrogens with one attached hydrogen (secondary N) is 2. The first-order valence-electron chi connectivity index (χ1n) is 5.09. The number of nitrogens with zero attached hydrogens (tertiary/aromatic N) is 1. The lowest BCUT2D eigenvalue weighted by Gasteiger charge is -2.23. The molecule has 14 heavy (non-hydrogen) atoms. The Bertz CT molecular complexity index is 230. The van der Waals surface area contributed by atoms with Crippen molar-refractivity contribution in [2.24, 2.45) is 0 Å². The number of amides is 3. The zero-order valence-electron chi connectivity index (χ0n) is 8.08. The minimum atomic E-state index is -0.220. The predicted molar refractivity (Wildman–Crippen MR) is 50.8 cm³/mol. The summed E-state index contributed by atoms with van der Waals surface area (Å²) >= 11 is 0. The number of carbonyl (C=O) groups excluding carboxylic acids is 2. The van der Waals surface area contributed by atoms with Crippen LogP contribution in [-0.4, -0.2) is 42.5 Å². The average Bonchev–Trinajstić information content (AvgIpc) is 2.45. The van der Waals surface area contributed by atoms with Gasteiger partial charge in [0.25, 0.3) is 0 Å². The Morgan fingerprint density at radius 2 is 2.07 bits per heavy atom. The first-order valence-corrected chi connectivity index (χ1v) is 5.09. The molecule has 0 bridgehead atoms. The van der Waals surface area contributed by atoms with Crippen LogP contribution in [0.4, 0.5) is 4.79 Å². The fourth-order valence-electron chi connectivity index (χ4n) is 2.06. The van der Waals surface area contributed by atoms with E-state index in [0.717, 1.165) is 32.4 Å². The molecule has 78 valence electrons. The maximum atomic E-state index is 11.4. The molecule has 5 nitrogen and oxygen atoms in total. The van der Waals surface area contributed by atoms with Crippen molar-refractivity contribution in [3.05, 3.63) is 0 Å². The van der Waals surface area contributed by atoms with E-state index in [1.54, 1.807) is 0 Å². The van der Waals surface area contributed by atoms with Crippen LogP contribution in [0, 0.1) is 0 Å². The molecule has 2 aliphatic heterocycles. The lowest BCUT2D eigenvalue weighted by molar-refractivity contribution is -0.126. The topological polar surface area (TPSA) is 61.4 Å². The number of carbonyl (C=O) groups is 2. The molecule has 2 aliphatic rings. The Balaban J connectivity index is 2.04. The molecule has 1 unspecified atom stereocenters. The fourth-order valence-corrected chi connectivity index (χ4v) is 2.06. The minimum Gasteiger partial charge on any atom is -0.329 e. The van der Waals surface area contributed by atoms with E-state index in [-0.39, 0.29) is 24.5 Å². The van der Waals surface area contributed by atoms with Crippen molar-refractivity contribution in [3.8, 4) is 0 Å². The Hall–Kier alpha value is -1.10. The zero-order valence-corrected chi connectivity index (χ0v) is 8.08. The van der Waals surface area contributed by atoms with Crippen LogP contribution in [0.15, 0.2) is 0 Å². The van der Waals surface area contributed by atoms with Crippen LogP contribution in [0.2, 0.25) is 0 Å². The van der Waals surface area contributed by atoms with Gasteiger partial charge in [-0.1, -0.05) is 0 Å². The summed E-state index contributed by atoms with van der Waals surface area (Å²) in [5.41, 5.74) is 0. The third-order valence-electron chi connectivity index (χ3n) is 2.79. The molecule has 0 spiro atoms. The van der Waals surface area contributed by atoms with Gasteiger partial charge in [0.05, 0.1) is 6.54 Å². The van der Waals surface area contributed by atoms with E-state index in [1.165, 1.54) is 4.90 Å². The van der Waals surface area contributed by atoms with Crippen LogP contribution in [-0.2, 0) is 4.79 Å². The third kappa shape index (κ3) is 1.72. The molecular weight excluding hydrogens is 182 g/mol. The van der Waals surface area contributed by atoms with Crippen molar-refractivity contribution in [2.45, 2.75) is 25.3 Å². The molecule has 5 heteroatoms. The van der Waals surface area contributed by atoms with Crippen molar-refractivity contribution in [1.82, 2.24) is 15.5 Å². The lowest BCUT2D eigenvalue weighted by atomic mass is 10.1. The Morgan fingerprint density at radius 1 is 1.21 bits per heavy atom. The summed E-state index contributed by atoms with van der Waals surface area (Å²) in [6.07, 6.45) is 2.83. The Kier molecular flexibility index (Phi) is 2.67. The van der Waals surface area contributed by atoms with Crippen LogP contribution in [0.3, 0.4) is 0 Å². The molecule has 0 aromatic carbocycles. The molecule has 2 rings (SSSR count). The monoisotopic (exact) mass is 197 g/mol. The number of rotatable bonds is 1. The van der Waals surface area contributed by atoms with Gasteiger partial charge in [-0.05, 0) is 32.4 Å². The lowest BCUT2D eigenvalue weighted by Crippen LogP contribution is -2.40. The fraction of sp³-hybridized carbons (Fsp3) is 0.778. The minimum absolute atomic E-state index is 0.0816. The summed E-state index contributed by atoms with van der Waals surface area (Å²) in [5, 5.41) is 5.81. The average molecular weight is 197 g/mol. The SMILES string of the molecule is O=C1CNC(=O)N1C1CCCNCC1. The van der Waals surface area contributed by atoms with Crippen LogP contribution >= 0.6 is 0 Å². The largest absolute Gasteiger partial charge is 0.329 e. The van der Waals surface area contributed by atoms with Crippen LogP contribution in [0.5, 0.6) is 0 Å². The van der Waals surface area contributed by atoms with E-state index in [0.29, 0.717) is 0 Å². The van der Waals surface area contributed by atoms with E-state index in [1.807, 2.05) is 0 Å². The van der Waals surface area contributed by atoms with E-state index in [4.69, 9.17) is 0 Å². The van der Waals surface area contributed by atoms with Crippen LogP contribution in [0.1, 0.15) is 19.3 Å². The predicted octanol–water partition coefficient (Wildman–Crippen LogP) is -0.320. The number of imide groups is 1. The van der Waals surface area contributed by atoms with Gasteiger partial charge in [0, 0.05) is 6.04 Å². The molecule has 2 saturated heterocycles. The van der Waals surface area contributed by atoms with Crippen molar-refractivity contribution < 1.29 is 9.59 Å². The maximum Gasteiger partial charge on any atom is 0.324 e. The van der Waals surface area contributed by atoms with Gasteiger partial charge in [-0.3, -0.25) is 9.69 Å². The maximum absolute atomic E-state index is 11.4. The molecule has 3 amide bonds. The smallest absolute Gasteiger partial charge is 0.324 e. The summed E-state index contributed by atoms with van der Waals surface area (Å²) in [5.74, 6) is -0.0816. The van der Waals surface area contributed by atoms with Crippen molar-refractivity contribution in [3.63, 3.8) is 0 Å². The van der Waals surface area contributed by atoms with Crippen LogP contribution in [0.25, 0.3) is 0 Å². The van der Waals surface area contributed by atoms with E-state index in [9.17, 15) is 9.59 Å². The summed E-state index contributed by atoms with van der Waals surface area (Å²) in [6.45, 7) is 2.05. The molecule has 2 N–H and O–H groups in total. The number of hydrogen-bond acceptors (Lipinski definition) is 3. The van der Waals surface area contributed by atoms with Crippen molar-refractivity contribution >= 4 is 11.9 Å². The van der Waals surface area contributed by atoms with Crippen LogP contribution < -0.4 is 10.6 Å². The Morgan fingerprint density at radius 3 is 2.79 bits per heavy atom. The normalized spacial score (nSPS) is 28.9. The zero-order chi connectivity index (χ0) is 9.97. The highest BCUT2D eigenvalue weighted by molar-refractivity contribution is 6.02. The Labute approximate surface area is 82.8 Å². The van der Waals surface area contributed by atoms with Gasteiger partial charge in [0.1, 0.15) is 0 Å². The highest BCUT2D eigenvalue weighted by atomic mass is 16.2. The van der Waals surface area contributed by atoms with Gasteiger partial charge in [0.2, 0.25) is 5.91 Å². The standard InChI is InChI=1S/C9H15N3O2/c13-8-6-11-9(14)12(8)7-2-1-4-10-5-3-7/h7,10H,1-6H2,(H,11,14). The molecule has 1 atom stereocenters. The number of hydrogen-bond donors (Lipinski definition) is 2. The second-order valence-corrected chi connectivity index (χ2v) is 3.76. The molecule has 2 heterocycles. The number of urea groups is 1. The highest BCUT2D eigenvalue weighted by Gasteiger charge is 2.34.